The molecule has 30 heavy (non-hydrogen) atoms. The maximum atomic E-state index is 11.9. The van der Waals surface area contributed by atoms with Crippen molar-refractivity contribution in [3.63, 3.8) is 0 Å². The van der Waals surface area contributed by atoms with Crippen molar-refractivity contribution in [2.75, 3.05) is 0 Å². The van der Waals surface area contributed by atoms with Gasteiger partial charge in [0.2, 0.25) is 5.91 Å². The summed E-state index contributed by atoms with van der Waals surface area (Å²) in [5.74, 6) is -0.804. The van der Waals surface area contributed by atoms with Gasteiger partial charge in [-0.05, 0) is 35.9 Å². The Morgan fingerprint density at radius 1 is 1.17 bits per heavy atom. The third-order valence-corrected chi connectivity index (χ3v) is 4.33. The fourth-order valence-corrected chi connectivity index (χ4v) is 2.75. The first-order valence-corrected chi connectivity index (χ1v) is 8.89. The normalized spacial score (nSPS) is 10.8. The van der Waals surface area contributed by atoms with E-state index in [1.807, 2.05) is 0 Å². The standard InChI is InChI=1S/C20H14ClN3O6/c21-17-7-3-13(10-16(17)20(26)27)18-8-6-15(30-18)11-22-23-19(25)9-12-1-4-14(5-2-12)24(28)29/h1-8,10-11H,9H2,(H,23,25)(H,26,27). The van der Waals surface area contributed by atoms with Gasteiger partial charge in [-0.3, -0.25) is 14.9 Å². The molecule has 1 amide bonds. The molecular formula is C20H14ClN3O6. The number of hydrogen-bond donors (Lipinski definition) is 2. The lowest BCUT2D eigenvalue weighted by Gasteiger charge is -2.02. The number of carbonyl (C=O) groups excluding carboxylic acids is 1. The Morgan fingerprint density at radius 3 is 2.57 bits per heavy atom. The van der Waals surface area contributed by atoms with Gasteiger partial charge in [0.25, 0.3) is 5.69 Å². The highest BCUT2D eigenvalue weighted by atomic mass is 35.5. The molecule has 3 aromatic rings. The molecule has 0 fully saturated rings. The predicted molar refractivity (Wildman–Crippen MR) is 109 cm³/mol. The molecule has 0 atom stereocenters. The van der Waals surface area contributed by atoms with Gasteiger partial charge in [0.1, 0.15) is 11.5 Å². The number of nitrogens with zero attached hydrogens (tertiary/aromatic N) is 2. The number of hydrazone groups is 1. The number of carbonyl (C=O) groups is 2. The molecule has 152 valence electrons. The average molecular weight is 428 g/mol. The number of rotatable bonds is 7. The number of carboxylic acid groups (broad SMARTS) is 1. The monoisotopic (exact) mass is 427 g/mol. The van der Waals surface area contributed by atoms with Crippen LogP contribution in [0, 0.1) is 10.1 Å². The number of non-ortho nitro benzene ring substituents is 1. The summed E-state index contributed by atoms with van der Waals surface area (Å²) in [6, 6.07) is 13.4. The van der Waals surface area contributed by atoms with E-state index in [1.165, 1.54) is 42.6 Å². The highest BCUT2D eigenvalue weighted by Gasteiger charge is 2.12. The summed E-state index contributed by atoms with van der Waals surface area (Å²) in [5.41, 5.74) is 3.37. The summed E-state index contributed by atoms with van der Waals surface area (Å²) in [4.78, 5) is 33.2. The van der Waals surface area contributed by atoms with Crippen molar-refractivity contribution in [3.8, 4) is 11.3 Å². The maximum absolute atomic E-state index is 11.9. The molecule has 0 saturated carbocycles. The average Bonchev–Trinajstić information content (AvgIpc) is 3.17. The number of furan rings is 1. The number of benzene rings is 2. The van der Waals surface area contributed by atoms with Gasteiger partial charge in [-0.1, -0.05) is 23.7 Å². The molecule has 0 aliphatic carbocycles. The minimum absolute atomic E-state index is 0.00147. The van der Waals surface area contributed by atoms with E-state index in [2.05, 4.69) is 10.5 Å². The minimum Gasteiger partial charge on any atom is -0.478 e. The summed E-state index contributed by atoms with van der Waals surface area (Å²) in [6.07, 6.45) is 1.30. The molecular weight excluding hydrogens is 414 g/mol. The van der Waals surface area contributed by atoms with Crippen LogP contribution in [0.3, 0.4) is 0 Å². The first kappa shape index (κ1) is 20.7. The van der Waals surface area contributed by atoms with Crippen molar-refractivity contribution >= 4 is 35.4 Å². The molecule has 0 aliphatic heterocycles. The number of halogens is 1. The third kappa shape index (κ3) is 5.09. The van der Waals surface area contributed by atoms with E-state index < -0.39 is 16.8 Å². The van der Waals surface area contributed by atoms with Gasteiger partial charge in [0, 0.05) is 17.7 Å². The Labute approximate surface area is 174 Å². The highest BCUT2D eigenvalue weighted by Crippen LogP contribution is 2.26. The Morgan fingerprint density at radius 2 is 1.90 bits per heavy atom. The Kier molecular flexibility index (Phi) is 6.23. The Bertz CT molecular complexity index is 1140. The molecule has 1 heterocycles. The zero-order valence-corrected chi connectivity index (χ0v) is 16.0. The van der Waals surface area contributed by atoms with Crippen LogP contribution >= 0.6 is 11.6 Å². The van der Waals surface area contributed by atoms with Crippen LogP contribution in [-0.2, 0) is 11.2 Å². The van der Waals surface area contributed by atoms with E-state index in [0.29, 0.717) is 22.6 Å². The van der Waals surface area contributed by atoms with Gasteiger partial charge in [-0.15, -0.1) is 0 Å². The first-order valence-electron chi connectivity index (χ1n) is 8.52. The maximum Gasteiger partial charge on any atom is 0.337 e. The zero-order valence-electron chi connectivity index (χ0n) is 15.2. The van der Waals surface area contributed by atoms with Crippen molar-refractivity contribution < 1.29 is 24.0 Å². The van der Waals surface area contributed by atoms with E-state index in [-0.39, 0.29) is 22.7 Å². The molecule has 0 bridgehead atoms. The van der Waals surface area contributed by atoms with E-state index in [4.69, 9.17) is 21.1 Å². The van der Waals surface area contributed by atoms with Gasteiger partial charge in [0.15, 0.2) is 0 Å². The number of aromatic carboxylic acids is 1. The predicted octanol–water partition coefficient (Wildman–Crippen LogP) is 3.90. The summed E-state index contributed by atoms with van der Waals surface area (Å²) < 4.78 is 5.58. The van der Waals surface area contributed by atoms with Crippen LogP contribution in [-0.4, -0.2) is 28.1 Å². The Balaban J connectivity index is 1.60. The SMILES string of the molecule is O=C(Cc1ccc([N+](=O)[O-])cc1)NN=Cc1ccc(-c2ccc(Cl)c(C(=O)O)c2)o1. The number of nitro benzene ring substituents is 1. The molecule has 3 rings (SSSR count). The van der Waals surface area contributed by atoms with Crippen molar-refractivity contribution in [2.24, 2.45) is 5.10 Å². The summed E-state index contributed by atoms with van der Waals surface area (Å²) in [7, 11) is 0. The van der Waals surface area contributed by atoms with Crippen LogP contribution in [0.15, 0.2) is 64.1 Å². The fraction of sp³-hybridized carbons (Fsp3) is 0.0500. The van der Waals surface area contributed by atoms with Gasteiger partial charge in [0.05, 0.1) is 28.1 Å². The molecule has 2 N–H and O–H groups in total. The number of nitrogens with one attached hydrogen (secondary N) is 1. The van der Waals surface area contributed by atoms with Crippen molar-refractivity contribution in [3.05, 3.63) is 86.6 Å². The summed E-state index contributed by atoms with van der Waals surface area (Å²) in [5, 5.41) is 23.7. The van der Waals surface area contributed by atoms with Gasteiger partial charge >= 0.3 is 5.97 Å². The van der Waals surface area contributed by atoms with Crippen LogP contribution < -0.4 is 5.43 Å². The van der Waals surface area contributed by atoms with Crippen molar-refractivity contribution in [1.82, 2.24) is 5.43 Å². The van der Waals surface area contributed by atoms with Gasteiger partial charge in [-0.2, -0.15) is 5.10 Å². The van der Waals surface area contributed by atoms with E-state index in [9.17, 15) is 19.7 Å². The molecule has 2 aromatic carbocycles. The molecule has 9 nitrogen and oxygen atoms in total. The van der Waals surface area contributed by atoms with Crippen LogP contribution in [0.25, 0.3) is 11.3 Å². The molecule has 0 radical (unpaired) electrons. The summed E-state index contributed by atoms with van der Waals surface area (Å²) in [6.45, 7) is 0. The third-order valence-electron chi connectivity index (χ3n) is 4.00. The molecule has 10 heteroatoms. The molecule has 0 saturated heterocycles. The highest BCUT2D eigenvalue weighted by molar-refractivity contribution is 6.33. The topological polar surface area (TPSA) is 135 Å². The second kappa shape index (κ2) is 9.01. The van der Waals surface area contributed by atoms with E-state index in [1.54, 1.807) is 18.2 Å². The molecule has 0 spiro atoms. The quantitative estimate of drug-likeness (QED) is 0.333. The molecule has 0 unspecified atom stereocenters. The van der Waals surface area contributed by atoms with E-state index in [0.717, 1.165) is 0 Å². The fourth-order valence-electron chi connectivity index (χ4n) is 2.55. The second-order valence-electron chi connectivity index (χ2n) is 6.10. The smallest absolute Gasteiger partial charge is 0.337 e. The van der Waals surface area contributed by atoms with Crippen LogP contribution in [0.5, 0.6) is 0 Å². The van der Waals surface area contributed by atoms with Gasteiger partial charge in [-0.25, -0.2) is 10.2 Å². The number of carboxylic acids is 1. The lowest BCUT2D eigenvalue weighted by atomic mass is 10.1. The number of nitro groups is 1. The van der Waals surface area contributed by atoms with Crippen molar-refractivity contribution in [2.45, 2.75) is 6.42 Å². The minimum atomic E-state index is -1.15. The van der Waals surface area contributed by atoms with Crippen LogP contribution in [0.4, 0.5) is 5.69 Å². The zero-order chi connectivity index (χ0) is 21.7. The lowest BCUT2D eigenvalue weighted by molar-refractivity contribution is -0.384. The molecule has 0 aliphatic rings. The van der Waals surface area contributed by atoms with Crippen LogP contribution in [0.2, 0.25) is 5.02 Å². The van der Waals surface area contributed by atoms with Crippen LogP contribution in [0.1, 0.15) is 21.7 Å². The molecule has 1 aromatic heterocycles. The van der Waals surface area contributed by atoms with Crippen molar-refractivity contribution in [1.29, 1.82) is 0 Å². The summed E-state index contributed by atoms with van der Waals surface area (Å²) >= 11 is 5.86. The first-order chi connectivity index (χ1) is 14.3. The second-order valence-corrected chi connectivity index (χ2v) is 6.50. The van der Waals surface area contributed by atoms with Gasteiger partial charge < -0.3 is 9.52 Å². The Hall–Kier alpha value is -3.98. The van der Waals surface area contributed by atoms with E-state index >= 15 is 0 Å². The largest absolute Gasteiger partial charge is 0.478 e. The number of hydrogen-bond acceptors (Lipinski definition) is 6. The number of amides is 1. The lowest BCUT2D eigenvalue weighted by Crippen LogP contribution is -2.19.